The monoisotopic (exact) mass is 330 g/mol. The topological polar surface area (TPSA) is 58.9 Å². The lowest BCUT2D eigenvalue weighted by molar-refractivity contribution is 0.370. The summed E-state index contributed by atoms with van der Waals surface area (Å²) in [6, 6.07) is 7.50. The van der Waals surface area contributed by atoms with E-state index in [0.29, 0.717) is 22.6 Å². The molecule has 0 unspecified atom stereocenters. The van der Waals surface area contributed by atoms with Gasteiger partial charge < -0.3 is 19.7 Å². The summed E-state index contributed by atoms with van der Waals surface area (Å²) >= 11 is 0. The number of hydrogen-bond donors (Lipinski definition) is 2. The summed E-state index contributed by atoms with van der Waals surface area (Å²) < 4.78 is 10.6. The van der Waals surface area contributed by atoms with Crippen molar-refractivity contribution in [3.8, 4) is 34.1 Å². The van der Waals surface area contributed by atoms with Crippen molar-refractivity contribution in [3.63, 3.8) is 0 Å². The van der Waals surface area contributed by atoms with Gasteiger partial charge in [0, 0.05) is 11.1 Å². The van der Waals surface area contributed by atoms with E-state index in [4.69, 9.17) is 9.47 Å². The number of rotatable bonds is 7. The fourth-order valence-corrected chi connectivity index (χ4v) is 2.92. The average molecular weight is 330 g/mol. The Kier molecular flexibility index (Phi) is 5.96. The Bertz CT molecular complexity index is 646. The Labute approximate surface area is 143 Å². The molecule has 2 N–H and O–H groups in total. The van der Waals surface area contributed by atoms with Crippen molar-refractivity contribution in [2.24, 2.45) is 0 Å². The molecule has 4 heteroatoms. The number of hydrogen-bond acceptors (Lipinski definition) is 4. The predicted octanol–water partition coefficient (Wildman–Crippen LogP) is 4.69. The molecule has 0 heterocycles. The molecule has 0 radical (unpaired) electrons. The van der Waals surface area contributed by atoms with Crippen LogP contribution in [0.3, 0.4) is 0 Å². The first-order valence-corrected chi connectivity index (χ1v) is 8.35. The number of benzene rings is 2. The maximum atomic E-state index is 10.6. The van der Waals surface area contributed by atoms with E-state index in [2.05, 4.69) is 13.8 Å². The van der Waals surface area contributed by atoms with Gasteiger partial charge in [-0.25, -0.2) is 0 Å². The smallest absolute Gasteiger partial charge is 0.165 e. The molecule has 0 spiro atoms. The van der Waals surface area contributed by atoms with Crippen molar-refractivity contribution < 1.29 is 19.7 Å². The third kappa shape index (κ3) is 3.58. The minimum atomic E-state index is 0.0309. The lowest BCUT2D eigenvalue weighted by atomic mass is 9.95. The van der Waals surface area contributed by atoms with E-state index < -0.39 is 0 Å². The highest BCUT2D eigenvalue weighted by atomic mass is 16.5. The van der Waals surface area contributed by atoms with Gasteiger partial charge in [0.2, 0.25) is 0 Å². The Morgan fingerprint density at radius 1 is 0.708 bits per heavy atom. The molecule has 4 nitrogen and oxygen atoms in total. The zero-order valence-electron chi connectivity index (χ0n) is 14.8. The number of aromatic hydroxyl groups is 2. The summed E-state index contributed by atoms with van der Waals surface area (Å²) in [5.74, 6) is 0.886. The molecular formula is C20H26O4. The van der Waals surface area contributed by atoms with Gasteiger partial charge in [0.15, 0.2) is 23.0 Å². The first-order chi connectivity index (χ1) is 11.5. The van der Waals surface area contributed by atoms with Crippen LogP contribution < -0.4 is 9.47 Å². The molecule has 2 aromatic rings. The molecule has 0 aliphatic rings. The maximum Gasteiger partial charge on any atom is 0.165 e. The van der Waals surface area contributed by atoms with Crippen LogP contribution in [0.5, 0.6) is 23.0 Å². The van der Waals surface area contributed by atoms with Gasteiger partial charge in [0.05, 0.1) is 14.2 Å². The van der Waals surface area contributed by atoms with Crippen LogP contribution in [0.1, 0.15) is 37.8 Å². The van der Waals surface area contributed by atoms with Gasteiger partial charge in [0.1, 0.15) is 0 Å². The number of methoxy groups -OCH3 is 2. The third-order valence-corrected chi connectivity index (χ3v) is 4.08. The van der Waals surface area contributed by atoms with E-state index >= 15 is 0 Å². The molecular weight excluding hydrogens is 304 g/mol. The summed E-state index contributed by atoms with van der Waals surface area (Å²) in [7, 11) is 3.06. The van der Waals surface area contributed by atoms with E-state index in [1.54, 1.807) is 0 Å². The second-order valence-corrected chi connectivity index (χ2v) is 5.89. The van der Waals surface area contributed by atoms with Gasteiger partial charge in [-0.1, -0.05) is 26.7 Å². The molecule has 0 fully saturated rings. The number of aryl methyl sites for hydroxylation is 2. The Morgan fingerprint density at radius 2 is 1.08 bits per heavy atom. The molecule has 0 bridgehead atoms. The van der Waals surface area contributed by atoms with Gasteiger partial charge in [0.25, 0.3) is 0 Å². The molecule has 24 heavy (non-hydrogen) atoms. The quantitative estimate of drug-likeness (QED) is 0.773. The van der Waals surface area contributed by atoms with Crippen LogP contribution in [0.15, 0.2) is 24.3 Å². The number of phenols is 2. The number of phenolic OH excluding ortho intramolecular Hbond substituents is 2. The standard InChI is InChI=1S/C20H26O4/c1-5-7-13-9-15(19(21)17(11-13)23-3)16-10-14(8-6-2)12-18(24-4)20(16)22/h9-12,21-22H,5-8H2,1-4H3. The van der Waals surface area contributed by atoms with Crippen molar-refractivity contribution in [1.29, 1.82) is 0 Å². The summed E-state index contributed by atoms with van der Waals surface area (Å²) in [6.07, 6.45) is 3.71. The molecule has 0 amide bonds. The van der Waals surface area contributed by atoms with Crippen LogP contribution in [0, 0.1) is 0 Å². The van der Waals surface area contributed by atoms with Gasteiger partial charge in [-0.2, -0.15) is 0 Å². The highest BCUT2D eigenvalue weighted by Gasteiger charge is 2.18. The Morgan fingerprint density at radius 3 is 1.38 bits per heavy atom. The normalized spacial score (nSPS) is 10.7. The zero-order chi connectivity index (χ0) is 17.7. The molecule has 0 aromatic heterocycles. The van der Waals surface area contributed by atoms with Crippen LogP contribution in [0.4, 0.5) is 0 Å². The van der Waals surface area contributed by atoms with Crippen molar-refractivity contribution in [1.82, 2.24) is 0 Å². The average Bonchev–Trinajstić information content (AvgIpc) is 2.58. The maximum absolute atomic E-state index is 10.6. The van der Waals surface area contributed by atoms with Crippen LogP contribution >= 0.6 is 0 Å². The van der Waals surface area contributed by atoms with Crippen molar-refractivity contribution in [2.75, 3.05) is 14.2 Å². The third-order valence-electron chi connectivity index (χ3n) is 4.08. The van der Waals surface area contributed by atoms with Crippen LogP contribution in [-0.4, -0.2) is 24.4 Å². The molecule has 130 valence electrons. The Balaban J connectivity index is 2.69. The lowest BCUT2D eigenvalue weighted by Gasteiger charge is -2.16. The van der Waals surface area contributed by atoms with Crippen molar-refractivity contribution in [2.45, 2.75) is 39.5 Å². The molecule has 0 saturated heterocycles. The van der Waals surface area contributed by atoms with E-state index in [1.807, 2.05) is 24.3 Å². The Hall–Kier alpha value is -2.36. The highest BCUT2D eigenvalue weighted by molar-refractivity contribution is 5.81. The fraction of sp³-hybridized carbons (Fsp3) is 0.400. The van der Waals surface area contributed by atoms with Gasteiger partial charge in [-0.3, -0.25) is 0 Å². The summed E-state index contributed by atoms with van der Waals surface area (Å²) in [6.45, 7) is 4.20. The zero-order valence-corrected chi connectivity index (χ0v) is 14.8. The summed E-state index contributed by atoms with van der Waals surface area (Å²) in [4.78, 5) is 0. The van der Waals surface area contributed by atoms with Gasteiger partial charge >= 0.3 is 0 Å². The van der Waals surface area contributed by atoms with E-state index in [1.165, 1.54) is 14.2 Å². The van der Waals surface area contributed by atoms with E-state index in [0.717, 1.165) is 36.8 Å². The second kappa shape index (κ2) is 7.95. The fourth-order valence-electron chi connectivity index (χ4n) is 2.92. The molecule has 2 aromatic carbocycles. The van der Waals surface area contributed by atoms with Gasteiger partial charge in [-0.15, -0.1) is 0 Å². The predicted molar refractivity (Wildman–Crippen MR) is 96.3 cm³/mol. The van der Waals surface area contributed by atoms with E-state index in [9.17, 15) is 10.2 Å². The number of ether oxygens (including phenoxy) is 2. The first kappa shape index (κ1) is 18.0. The molecule has 0 atom stereocenters. The minimum Gasteiger partial charge on any atom is -0.504 e. The highest BCUT2D eigenvalue weighted by Crippen LogP contribution is 2.45. The largest absolute Gasteiger partial charge is 0.504 e. The first-order valence-electron chi connectivity index (χ1n) is 8.35. The van der Waals surface area contributed by atoms with E-state index in [-0.39, 0.29) is 11.5 Å². The minimum absolute atomic E-state index is 0.0309. The van der Waals surface area contributed by atoms with Crippen LogP contribution in [0.2, 0.25) is 0 Å². The van der Waals surface area contributed by atoms with Crippen molar-refractivity contribution in [3.05, 3.63) is 35.4 Å². The molecule has 0 saturated carbocycles. The molecule has 0 aliphatic carbocycles. The SMILES string of the molecule is CCCc1cc(OC)c(O)c(-c2cc(CCC)cc(OC)c2O)c1. The van der Waals surface area contributed by atoms with Gasteiger partial charge in [-0.05, 0) is 48.2 Å². The van der Waals surface area contributed by atoms with Crippen LogP contribution in [0.25, 0.3) is 11.1 Å². The van der Waals surface area contributed by atoms with Crippen LogP contribution in [-0.2, 0) is 12.8 Å². The van der Waals surface area contributed by atoms with Crippen molar-refractivity contribution >= 4 is 0 Å². The summed E-state index contributed by atoms with van der Waals surface area (Å²) in [5.41, 5.74) is 3.24. The molecule has 0 aliphatic heterocycles. The second-order valence-electron chi connectivity index (χ2n) is 5.89. The summed E-state index contributed by atoms with van der Waals surface area (Å²) in [5, 5.41) is 21.1. The molecule has 2 rings (SSSR count). The lowest BCUT2D eigenvalue weighted by Crippen LogP contribution is -1.95.